The minimum Gasteiger partial charge on any atom is -0.337 e. The molecule has 2 aromatic rings. The average molecular weight is 396 g/mol. The largest absolute Gasteiger partial charge is 0.337 e. The highest BCUT2D eigenvalue weighted by molar-refractivity contribution is 6.29. The normalized spacial score (nSPS) is 17.3. The van der Waals surface area contributed by atoms with Crippen molar-refractivity contribution >= 4 is 29.3 Å². The van der Waals surface area contributed by atoms with Gasteiger partial charge in [-0.2, -0.15) is 0 Å². The first kappa shape index (κ1) is 19.3. The zero-order valence-electron chi connectivity index (χ0n) is 15.0. The van der Waals surface area contributed by atoms with Crippen molar-refractivity contribution in [2.75, 3.05) is 29.9 Å². The molecule has 1 aliphatic rings. The van der Waals surface area contributed by atoms with Gasteiger partial charge in [-0.05, 0) is 24.1 Å². The molecule has 0 saturated carbocycles. The molecule has 1 unspecified atom stereocenters. The SMILES string of the molecule is CC(C)C1CN(c2nccc(Cl)n2)CCN1C(=O)Nc1ccc(F)cc1F. The second kappa shape index (κ2) is 8.04. The number of anilines is 2. The summed E-state index contributed by atoms with van der Waals surface area (Å²) in [4.78, 5) is 24.8. The number of hydrogen-bond acceptors (Lipinski definition) is 4. The maximum absolute atomic E-state index is 13.8. The molecule has 1 fully saturated rings. The van der Waals surface area contributed by atoms with Crippen LogP contribution < -0.4 is 10.2 Å². The van der Waals surface area contributed by atoms with Crippen LogP contribution in [0.3, 0.4) is 0 Å². The molecule has 144 valence electrons. The highest BCUT2D eigenvalue weighted by atomic mass is 35.5. The summed E-state index contributed by atoms with van der Waals surface area (Å²) in [5, 5.41) is 2.88. The van der Waals surface area contributed by atoms with E-state index in [0.29, 0.717) is 30.7 Å². The molecule has 2 amide bonds. The number of rotatable bonds is 3. The van der Waals surface area contributed by atoms with E-state index in [-0.39, 0.29) is 17.6 Å². The molecule has 6 nitrogen and oxygen atoms in total. The molecule has 1 atom stereocenters. The predicted molar refractivity (Wildman–Crippen MR) is 100.0 cm³/mol. The van der Waals surface area contributed by atoms with E-state index in [0.717, 1.165) is 12.1 Å². The minimum absolute atomic E-state index is 0.0514. The van der Waals surface area contributed by atoms with Crippen molar-refractivity contribution in [1.82, 2.24) is 14.9 Å². The van der Waals surface area contributed by atoms with Gasteiger partial charge in [0.15, 0.2) is 0 Å². The lowest BCUT2D eigenvalue weighted by molar-refractivity contribution is 0.156. The Labute approximate surface area is 161 Å². The third-order valence-corrected chi connectivity index (χ3v) is 4.72. The molecule has 1 saturated heterocycles. The fraction of sp³-hybridized carbons (Fsp3) is 0.389. The third-order valence-electron chi connectivity index (χ3n) is 4.51. The quantitative estimate of drug-likeness (QED) is 0.803. The molecule has 3 rings (SSSR count). The van der Waals surface area contributed by atoms with Crippen molar-refractivity contribution in [2.24, 2.45) is 5.92 Å². The van der Waals surface area contributed by atoms with Crippen molar-refractivity contribution in [1.29, 1.82) is 0 Å². The number of piperazine rings is 1. The molecular formula is C18H20ClF2N5O. The first-order valence-electron chi connectivity index (χ1n) is 8.61. The van der Waals surface area contributed by atoms with Gasteiger partial charge in [0.2, 0.25) is 5.95 Å². The first-order chi connectivity index (χ1) is 12.8. The van der Waals surface area contributed by atoms with Gasteiger partial charge in [-0.15, -0.1) is 0 Å². The monoisotopic (exact) mass is 395 g/mol. The van der Waals surface area contributed by atoms with Gasteiger partial charge in [0.05, 0.1) is 11.7 Å². The van der Waals surface area contributed by atoms with Gasteiger partial charge < -0.3 is 15.1 Å². The molecule has 0 aliphatic carbocycles. The van der Waals surface area contributed by atoms with Gasteiger partial charge in [-0.25, -0.2) is 23.5 Å². The number of carbonyl (C=O) groups is 1. The van der Waals surface area contributed by atoms with E-state index in [4.69, 9.17) is 11.6 Å². The van der Waals surface area contributed by atoms with Crippen LogP contribution in [0.15, 0.2) is 30.5 Å². The number of carbonyl (C=O) groups excluding carboxylic acids is 1. The predicted octanol–water partition coefficient (Wildman–Crippen LogP) is 3.79. The highest BCUT2D eigenvalue weighted by Crippen LogP contribution is 2.23. The number of aromatic nitrogens is 2. The standard InChI is InChI=1S/C18H20ClF2N5O/c1-11(2)15-10-25(17-22-6-5-16(19)24-17)7-8-26(15)18(27)23-14-4-3-12(20)9-13(14)21/h3-6,9,11,15H,7-8,10H2,1-2H3,(H,23,27). The van der Waals surface area contributed by atoms with Crippen LogP contribution in [0.1, 0.15) is 13.8 Å². The molecule has 0 bridgehead atoms. The second-order valence-electron chi connectivity index (χ2n) is 6.68. The fourth-order valence-electron chi connectivity index (χ4n) is 3.07. The number of urea groups is 1. The van der Waals surface area contributed by atoms with Gasteiger partial charge in [0.25, 0.3) is 0 Å². The van der Waals surface area contributed by atoms with Crippen LogP contribution >= 0.6 is 11.6 Å². The van der Waals surface area contributed by atoms with Gasteiger partial charge >= 0.3 is 6.03 Å². The zero-order valence-corrected chi connectivity index (χ0v) is 15.7. The van der Waals surface area contributed by atoms with Crippen molar-refractivity contribution in [3.05, 3.63) is 47.2 Å². The molecule has 9 heteroatoms. The van der Waals surface area contributed by atoms with E-state index in [9.17, 15) is 13.6 Å². The number of amides is 2. The van der Waals surface area contributed by atoms with Crippen molar-refractivity contribution in [2.45, 2.75) is 19.9 Å². The van der Waals surface area contributed by atoms with E-state index in [2.05, 4.69) is 15.3 Å². The molecule has 1 aromatic carbocycles. The second-order valence-corrected chi connectivity index (χ2v) is 7.07. The highest BCUT2D eigenvalue weighted by Gasteiger charge is 2.33. The van der Waals surface area contributed by atoms with Crippen molar-refractivity contribution < 1.29 is 13.6 Å². The number of halogens is 3. The summed E-state index contributed by atoms with van der Waals surface area (Å²) >= 11 is 5.94. The van der Waals surface area contributed by atoms with Gasteiger partial charge in [0, 0.05) is 31.9 Å². The maximum atomic E-state index is 13.8. The summed E-state index contributed by atoms with van der Waals surface area (Å²) in [6, 6.07) is 4.10. The lowest BCUT2D eigenvalue weighted by atomic mass is 10.00. The summed E-state index contributed by atoms with van der Waals surface area (Å²) < 4.78 is 26.9. The summed E-state index contributed by atoms with van der Waals surface area (Å²) in [5.41, 5.74) is -0.0514. The number of hydrogen-bond donors (Lipinski definition) is 1. The lowest BCUT2D eigenvalue weighted by Crippen LogP contribution is -2.58. The van der Waals surface area contributed by atoms with Crippen LogP contribution in [0.5, 0.6) is 0 Å². The summed E-state index contributed by atoms with van der Waals surface area (Å²) in [5.74, 6) is -0.843. The van der Waals surface area contributed by atoms with E-state index >= 15 is 0 Å². The molecule has 1 aliphatic heterocycles. The van der Waals surface area contributed by atoms with Gasteiger partial charge in [-0.3, -0.25) is 0 Å². The van der Waals surface area contributed by atoms with E-state index in [1.165, 1.54) is 6.07 Å². The van der Waals surface area contributed by atoms with Gasteiger partial charge in [-0.1, -0.05) is 25.4 Å². The van der Waals surface area contributed by atoms with E-state index < -0.39 is 17.7 Å². The fourth-order valence-corrected chi connectivity index (χ4v) is 3.20. The number of nitrogens with zero attached hydrogens (tertiary/aromatic N) is 4. The Balaban J connectivity index is 1.74. The average Bonchev–Trinajstić information content (AvgIpc) is 2.63. The Morgan fingerprint density at radius 2 is 2.07 bits per heavy atom. The van der Waals surface area contributed by atoms with Crippen molar-refractivity contribution in [3.63, 3.8) is 0 Å². The van der Waals surface area contributed by atoms with Crippen LogP contribution in [-0.4, -0.2) is 46.6 Å². The van der Waals surface area contributed by atoms with Crippen LogP contribution in [0, 0.1) is 17.6 Å². The summed E-state index contributed by atoms with van der Waals surface area (Å²) in [7, 11) is 0. The molecule has 0 spiro atoms. The van der Waals surface area contributed by atoms with E-state index in [1.807, 2.05) is 18.7 Å². The Kier molecular flexibility index (Phi) is 5.74. The number of benzene rings is 1. The zero-order chi connectivity index (χ0) is 19.6. The third kappa shape index (κ3) is 4.44. The van der Waals surface area contributed by atoms with Crippen LogP contribution in [0.25, 0.3) is 0 Å². The Morgan fingerprint density at radius 1 is 1.30 bits per heavy atom. The Bertz CT molecular complexity index is 835. The summed E-state index contributed by atoms with van der Waals surface area (Å²) in [6.45, 7) is 5.46. The molecule has 1 aromatic heterocycles. The van der Waals surface area contributed by atoms with Crippen LogP contribution in [0.2, 0.25) is 5.15 Å². The van der Waals surface area contributed by atoms with Crippen molar-refractivity contribution in [3.8, 4) is 0 Å². The maximum Gasteiger partial charge on any atom is 0.322 e. The van der Waals surface area contributed by atoms with Crippen LogP contribution in [0.4, 0.5) is 25.2 Å². The Morgan fingerprint density at radius 3 is 2.74 bits per heavy atom. The topological polar surface area (TPSA) is 61.4 Å². The molecule has 1 N–H and O–H groups in total. The molecule has 27 heavy (non-hydrogen) atoms. The number of nitrogens with one attached hydrogen (secondary N) is 1. The smallest absolute Gasteiger partial charge is 0.322 e. The minimum atomic E-state index is -0.810. The molecular weight excluding hydrogens is 376 g/mol. The lowest BCUT2D eigenvalue weighted by Gasteiger charge is -2.43. The van der Waals surface area contributed by atoms with Crippen LogP contribution in [-0.2, 0) is 0 Å². The molecule has 2 heterocycles. The summed E-state index contributed by atoms with van der Waals surface area (Å²) in [6.07, 6.45) is 1.59. The molecule has 0 radical (unpaired) electrons. The van der Waals surface area contributed by atoms with Gasteiger partial charge in [0.1, 0.15) is 16.8 Å². The first-order valence-corrected chi connectivity index (χ1v) is 8.99. The Hall–Kier alpha value is -2.48. The van der Waals surface area contributed by atoms with E-state index in [1.54, 1.807) is 17.2 Å².